The Morgan fingerprint density at radius 1 is 1.28 bits per heavy atom. The SMILES string of the molecule is CCc1nc(Cc2nc(C)cs2)nc(NN)c1C. The molecule has 0 aliphatic carbocycles. The number of nitrogens with zero attached hydrogens (tertiary/aromatic N) is 3. The lowest BCUT2D eigenvalue weighted by molar-refractivity contribution is 0.882. The molecule has 0 unspecified atom stereocenters. The molecule has 2 aromatic heterocycles. The normalized spacial score (nSPS) is 10.7. The molecule has 6 heteroatoms. The summed E-state index contributed by atoms with van der Waals surface area (Å²) in [5.41, 5.74) is 5.71. The lowest BCUT2D eigenvalue weighted by Gasteiger charge is -2.10. The van der Waals surface area contributed by atoms with E-state index in [1.165, 1.54) is 0 Å². The number of aromatic nitrogens is 3. The Morgan fingerprint density at radius 3 is 2.61 bits per heavy atom. The fraction of sp³-hybridized carbons (Fsp3) is 0.417. The summed E-state index contributed by atoms with van der Waals surface area (Å²) in [7, 11) is 0. The van der Waals surface area contributed by atoms with E-state index >= 15 is 0 Å². The minimum Gasteiger partial charge on any atom is -0.308 e. The third-order valence-electron chi connectivity index (χ3n) is 2.74. The molecular weight excluding hydrogens is 246 g/mol. The summed E-state index contributed by atoms with van der Waals surface area (Å²) in [4.78, 5) is 13.4. The smallest absolute Gasteiger partial charge is 0.146 e. The highest BCUT2D eigenvalue weighted by Crippen LogP contribution is 2.18. The number of hydrogen-bond donors (Lipinski definition) is 2. The summed E-state index contributed by atoms with van der Waals surface area (Å²) in [6, 6.07) is 0. The Labute approximate surface area is 110 Å². The van der Waals surface area contributed by atoms with Gasteiger partial charge in [-0.25, -0.2) is 20.8 Å². The van der Waals surface area contributed by atoms with Crippen molar-refractivity contribution in [3.8, 4) is 0 Å². The van der Waals surface area contributed by atoms with Crippen molar-refractivity contribution < 1.29 is 0 Å². The first-order chi connectivity index (χ1) is 8.63. The number of nitrogens with one attached hydrogen (secondary N) is 1. The maximum absolute atomic E-state index is 5.49. The molecule has 0 amide bonds. The van der Waals surface area contributed by atoms with Gasteiger partial charge in [0.15, 0.2) is 0 Å². The van der Waals surface area contributed by atoms with Crippen LogP contribution in [0, 0.1) is 13.8 Å². The van der Waals surface area contributed by atoms with Gasteiger partial charge >= 0.3 is 0 Å². The van der Waals surface area contributed by atoms with Crippen LogP contribution in [-0.4, -0.2) is 15.0 Å². The zero-order valence-electron chi connectivity index (χ0n) is 10.8. The summed E-state index contributed by atoms with van der Waals surface area (Å²) >= 11 is 1.63. The molecule has 18 heavy (non-hydrogen) atoms. The van der Waals surface area contributed by atoms with E-state index in [0.29, 0.717) is 12.2 Å². The Bertz CT molecular complexity index is 524. The quantitative estimate of drug-likeness (QED) is 0.651. The molecule has 0 aliphatic rings. The number of anilines is 1. The third-order valence-corrected chi connectivity index (χ3v) is 3.71. The molecule has 0 fully saturated rings. The van der Waals surface area contributed by atoms with Gasteiger partial charge in [0.1, 0.15) is 16.6 Å². The van der Waals surface area contributed by atoms with Crippen molar-refractivity contribution in [2.75, 3.05) is 5.43 Å². The third kappa shape index (κ3) is 2.65. The highest BCUT2D eigenvalue weighted by Gasteiger charge is 2.10. The highest BCUT2D eigenvalue weighted by molar-refractivity contribution is 7.09. The van der Waals surface area contributed by atoms with Crippen LogP contribution in [0.15, 0.2) is 5.38 Å². The maximum Gasteiger partial charge on any atom is 0.146 e. The van der Waals surface area contributed by atoms with Gasteiger partial charge in [-0.3, -0.25) is 0 Å². The standard InChI is InChI=1S/C12H17N5S/c1-4-9-8(3)12(17-13)16-10(15-9)5-11-14-7(2)6-18-11/h6H,4-5,13H2,1-3H3,(H,15,16,17). The van der Waals surface area contributed by atoms with Gasteiger partial charge in [0, 0.05) is 22.3 Å². The second-order valence-corrected chi connectivity index (χ2v) is 5.06. The number of thiazole rings is 1. The predicted molar refractivity (Wildman–Crippen MR) is 73.6 cm³/mol. The Kier molecular flexibility index (Phi) is 3.88. The first-order valence-electron chi connectivity index (χ1n) is 5.88. The molecule has 2 aromatic rings. The molecule has 0 bridgehead atoms. The number of nitrogen functional groups attached to an aromatic ring is 1. The van der Waals surface area contributed by atoms with Crippen molar-refractivity contribution >= 4 is 17.2 Å². The van der Waals surface area contributed by atoms with Crippen LogP contribution in [0.1, 0.15) is 34.7 Å². The van der Waals surface area contributed by atoms with Gasteiger partial charge in [-0.1, -0.05) is 6.92 Å². The molecular formula is C12H17N5S. The van der Waals surface area contributed by atoms with Crippen LogP contribution in [0.25, 0.3) is 0 Å². The van der Waals surface area contributed by atoms with Crippen molar-refractivity contribution in [1.29, 1.82) is 0 Å². The van der Waals surface area contributed by atoms with Crippen molar-refractivity contribution in [2.24, 2.45) is 5.84 Å². The molecule has 3 N–H and O–H groups in total. The van der Waals surface area contributed by atoms with Crippen LogP contribution in [0.2, 0.25) is 0 Å². The van der Waals surface area contributed by atoms with Crippen molar-refractivity contribution in [1.82, 2.24) is 15.0 Å². The van der Waals surface area contributed by atoms with Crippen LogP contribution < -0.4 is 11.3 Å². The second kappa shape index (κ2) is 5.41. The number of nitrogens with two attached hydrogens (primary N) is 1. The summed E-state index contributed by atoms with van der Waals surface area (Å²) < 4.78 is 0. The van der Waals surface area contributed by atoms with Gasteiger partial charge in [0.2, 0.25) is 0 Å². The van der Waals surface area contributed by atoms with Gasteiger partial charge < -0.3 is 5.43 Å². The molecule has 5 nitrogen and oxygen atoms in total. The zero-order valence-corrected chi connectivity index (χ0v) is 11.6. The first kappa shape index (κ1) is 12.9. The summed E-state index contributed by atoms with van der Waals surface area (Å²) in [5.74, 6) is 6.95. The van der Waals surface area contributed by atoms with E-state index in [9.17, 15) is 0 Å². The molecule has 2 rings (SSSR count). The van der Waals surface area contributed by atoms with E-state index in [4.69, 9.17) is 5.84 Å². The molecule has 0 aliphatic heterocycles. The lowest BCUT2D eigenvalue weighted by atomic mass is 10.2. The van der Waals surface area contributed by atoms with E-state index in [0.717, 1.165) is 34.2 Å². The number of rotatable bonds is 4. The molecule has 0 saturated carbocycles. The van der Waals surface area contributed by atoms with E-state index in [-0.39, 0.29) is 0 Å². The average Bonchev–Trinajstić information content (AvgIpc) is 2.76. The van der Waals surface area contributed by atoms with Crippen molar-refractivity contribution in [2.45, 2.75) is 33.6 Å². The van der Waals surface area contributed by atoms with Gasteiger partial charge in [-0.2, -0.15) is 0 Å². The lowest BCUT2D eigenvalue weighted by Crippen LogP contribution is -2.14. The van der Waals surface area contributed by atoms with Crippen LogP contribution in [-0.2, 0) is 12.8 Å². The molecule has 2 heterocycles. The van der Waals surface area contributed by atoms with E-state index in [1.54, 1.807) is 11.3 Å². The van der Waals surface area contributed by atoms with Gasteiger partial charge in [-0.05, 0) is 20.3 Å². The topological polar surface area (TPSA) is 76.7 Å². The van der Waals surface area contributed by atoms with Crippen molar-refractivity contribution in [3.05, 3.63) is 33.2 Å². The van der Waals surface area contributed by atoms with E-state index in [2.05, 4.69) is 27.3 Å². The number of hydrazine groups is 1. The summed E-state index contributed by atoms with van der Waals surface area (Å²) in [5, 5.41) is 3.06. The minimum atomic E-state index is 0.653. The van der Waals surface area contributed by atoms with Gasteiger partial charge in [-0.15, -0.1) is 11.3 Å². The Hall–Kier alpha value is -1.53. The zero-order chi connectivity index (χ0) is 13.1. The van der Waals surface area contributed by atoms with E-state index < -0.39 is 0 Å². The highest BCUT2D eigenvalue weighted by atomic mass is 32.1. The monoisotopic (exact) mass is 263 g/mol. The van der Waals surface area contributed by atoms with Crippen LogP contribution in [0.4, 0.5) is 5.82 Å². The molecule has 0 saturated heterocycles. The van der Waals surface area contributed by atoms with Gasteiger partial charge in [0.05, 0.1) is 6.42 Å². The Balaban J connectivity index is 2.33. The van der Waals surface area contributed by atoms with Crippen molar-refractivity contribution in [3.63, 3.8) is 0 Å². The fourth-order valence-corrected chi connectivity index (χ4v) is 2.57. The summed E-state index contributed by atoms with van der Waals surface area (Å²) in [6.45, 7) is 6.04. The minimum absolute atomic E-state index is 0.653. The number of aryl methyl sites for hydroxylation is 2. The Morgan fingerprint density at radius 2 is 2.06 bits per heavy atom. The number of hydrogen-bond acceptors (Lipinski definition) is 6. The predicted octanol–water partition coefficient (Wildman–Crippen LogP) is 1.99. The molecule has 0 radical (unpaired) electrons. The van der Waals surface area contributed by atoms with E-state index in [1.807, 2.05) is 19.2 Å². The average molecular weight is 263 g/mol. The molecule has 0 atom stereocenters. The fourth-order valence-electron chi connectivity index (χ4n) is 1.80. The molecule has 96 valence electrons. The molecule has 0 spiro atoms. The molecule has 0 aromatic carbocycles. The van der Waals surface area contributed by atoms with Crippen LogP contribution >= 0.6 is 11.3 Å². The van der Waals surface area contributed by atoms with Crippen LogP contribution in [0.3, 0.4) is 0 Å². The van der Waals surface area contributed by atoms with Gasteiger partial charge in [0.25, 0.3) is 0 Å². The van der Waals surface area contributed by atoms with Crippen LogP contribution in [0.5, 0.6) is 0 Å². The second-order valence-electron chi connectivity index (χ2n) is 4.12. The maximum atomic E-state index is 5.49. The summed E-state index contributed by atoms with van der Waals surface area (Å²) in [6.07, 6.45) is 1.52. The largest absolute Gasteiger partial charge is 0.308 e. The first-order valence-corrected chi connectivity index (χ1v) is 6.76.